The number of rotatable bonds is 9. The highest BCUT2D eigenvalue weighted by Gasteiger charge is 2.33. The van der Waals surface area contributed by atoms with Crippen molar-refractivity contribution in [2.45, 2.75) is 51.3 Å². The van der Waals surface area contributed by atoms with Crippen LogP contribution in [-0.2, 0) is 31.9 Å². The molecule has 200 valence electrons. The van der Waals surface area contributed by atoms with E-state index in [2.05, 4.69) is 5.32 Å². The summed E-state index contributed by atoms with van der Waals surface area (Å²) in [5, 5.41) is 23.0. The first kappa shape index (κ1) is 29.0. The molecule has 0 bridgehead atoms. The predicted molar refractivity (Wildman–Crippen MR) is 130 cm³/mol. The molecule has 2 rings (SSSR count). The number of carbonyl (C=O) groups is 3. The van der Waals surface area contributed by atoms with Crippen molar-refractivity contribution < 1.29 is 38.3 Å². The van der Waals surface area contributed by atoms with E-state index in [4.69, 9.17) is 9.47 Å². The summed E-state index contributed by atoms with van der Waals surface area (Å²) < 4.78 is 24.3. The van der Waals surface area contributed by atoms with Gasteiger partial charge in [-0.15, -0.1) is 0 Å². The summed E-state index contributed by atoms with van der Waals surface area (Å²) in [4.78, 5) is 49.7. The molecule has 12 heteroatoms. The third-order valence-corrected chi connectivity index (χ3v) is 5.27. The van der Waals surface area contributed by atoms with Crippen LogP contribution >= 0.6 is 0 Å². The van der Waals surface area contributed by atoms with Gasteiger partial charge in [-0.1, -0.05) is 18.2 Å². The number of methoxy groups -OCH3 is 1. The third kappa shape index (κ3) is 8.44. The quantitative estimate of drug-likeness (QED) is 0.292. The lowest BCUT2D eigenvalue weighted by Crippen LogP contribution is -2.54. The Hall–Kier alpha value is -4.22. The number of halogens is 1. The van der Waals surface area contributed by atoms with Crippen molar-refractivity contribution >= 4 is 23.7 Å². The van der Waals surface area contributed by atoms with Crippen LogP contribution in [0.4, 0.5) is 14.9 Å². The molecule has 2 atom stereocenters. The first-order chi connectivity index (χ1) is 17.2. The lowest BCUT2D eigenvalue weighted by atomic mass is 10.0. The number of ether oxygens (including phenoxy) is 2. The molecule has 0 radical (unpaired) electrons. The van der Waals surface area contributed by atoms with E-state index in [0.717, 1.165) is 24.1 Å². The number of benzene rings is 2. The van der Waals surface area contributed by atoms with Gasteiger partial charge in [0.1, 0.15) is 23.4 Å². The summed E-state index contributed by atoms with van der Waals surface area (Å²) in [5.74, 6) is -2.63. The van der Waals surface area contributed by atoms with Crippen LogP contribution in [-0.4, -0.2) is 64.7 Å². The molecule has 0 aliphatic heterocycles. The van der Waals surface area contributed by atoms with E-state index in [1.165, 1.54) is 25.2 Å². The molecule has 11 nitrogen and oxygen atoms in total. The van der Waals surface area contributed by atoms with Gasteiger partial charge in [0.25, 0.3) is 0 Å². The van der Waals surface area contributed by atoms with Crippen LogP contribution in [0.1, 0.15) is 31.9 Å². The number of phenolic OH excluding ortho intramolecular Hbond substituents is 1. The second-order valence-electron chi connectivity index (χ2n) is 9.31. The van der Waals surface area contributed by atoms with E-state index < -0.39 is 52.1 Å². The van der Waals surface area contributed by atoms with Gasteiger partial charge in [-0.2, -0.15) is 4.39 Å². The molecule has 0 aliphatic carbocycles. The summed E-state index contributed by atoms with van der Waals surface area (Å²) in [5.41, 5.74) is -0.746. The summed E-state index contributed by atoms with van der Waals surface area (Å²) >= 11 is 0. The van der Waals surface area contributed by atoms with Crippen molar-refractivity contribution in [1.29, 1.82) is 0 Å². The van der Waals surface area contributed by atoms with Crippen molar-refractivity contribution in [1.82, 2.24) is 10.2 Å². The maximum atomic E-state index is 14.1. The van der Waals surface area contributed by atoms with Crippen molar-refractivity contribution in [2.24, 2.45) is 0 Å². The molecule has 2 amide bonds. The zero-order valence-electron chi connectivity index (χ0n) is 21.2. The lowest BCUT2D eigenvalue weighted by molar-refractivity contribution is -0.387. The van der Waals surface area contributed by atoms with Crippen LogP contribution in [0.15, 0.2) is 42.5 Å². The van der Waals surface area contributed by atoms with Crippen LogP contribution < -0.4 is 5.32 Å². The molecule has 2 aromatic rings. The van der Waals surface area contributed by atoms with Crippen molar-refractivity contribution in [3.8, 4) is 5.75 Å². The third-order valence-electron chi connectivity index (χ3n) is 5.27. The molecule has 0 aliphatic rings. The first-order valence-electron chi connectivity index (χ1n) is 11.3. The van der Waals surface area contributed by atoms with E-state index in [0.29, 0.717) is 5.56 Å². The van der Waals surface area contributed by atoms with Gasteiger partial charge in [-0.25, -0.2) is 9.59 Å². The van der Waals surface area contributed by atoms with Crippen LogP contribution in [0, 0.1) is 15.9 Å². The number of nitro groups is 1. The number of hydrogen-bond acceptors (Lipinski definition) is 8. The molecule has 0 saturated carbocycles. The molecule has 2 N–H and O–H groups in total. The molecule has 2 aromatic carbocycles. The second-order valence-corrected chi connectivity index (χ2v) is 9.31. The monoisotopic (exact) mass is 519 g/mol. The number of nitro benzene ring substituents is 1. The smallest absolute Gasteiger partial charge is 0.410 e. The SMILES string of the molecule is COC(=O)[C@@H](Cc1ccc([N+](=O)[O-])c(F)c1)NC(=O)[C@H](Cc1ccc(O)cc1)N(C)C(=O)OC(C)(C)C. The molecule has 0 saturated heterocycles. The molecular weight excluding hydrogens is 489 g/mol. The number of amides is 2. The Morgan fingerprint density at radius 3 is 2.22 bits per heavy atom. The molecule has 0 heterocycles. The summed E-state index contributed by atoms with van der Waals surface area (Å²) in [6, 6.07) is 6.73. The van der Waals surface area contributed by atoms with Gasteiger partial charge in [0.05, 0.1) is 12.0 Å². The Morgan fingerprint density at radius 2 is 1.70 bits per heavy atom. The van der Waals surface area contributed by atoms with Gasteiger partial charge in [0.2, 0.25) is 11.7 Å². The maximum Gasteiger partial charge on any atom is 0.410 e. The highest BCUT2D eigenvalue weighted by atomic mass is 19.1. The number of nitrogens with one attached hydrogen (secondary N) is 1. The van der Waals surface area contributed by atoms with E-state index >= 15 is 0 Å². The van der Waals surface area contributed by atoms with Crippen LogP contribution in [0.25, 0.3) is 0 Å². The molecule has 0 unspecified atom stereocenters. The fourth-order valence-corrected chi connectivity index (χ4v) is 3.39. The predicted octanol–water partition coefficient (Wildman–Crippen LogP) is 3.12. The molecular formula is C25H30FN3O8. The Bertz CT molecular complexity index is 1150. The second kappa shape index (κ2) is 12.2. The fraction of sp³-hybridized carbons (Fsp3) is 0.400. The molecule has 0 spiro atoms. The lowest BCUT2D eigenvalue weighted by Gasteiger charge is -2.31. The zero-order valence-corrected chi connectivity index (χ0v) is 21.2. The highest BCUT2D eigenvalue weighted by Crippen LogP contribution is 2.20. The standard InChI is InChI=1S/C25H30FN3O8/c1-25(2,3)37-24(33)28(4)21(14-15-6-9-17(30)10-7-15)22(31)27-19(23(32)36-5)13-16-8-11-20(29(34)35)18(26)12-16/h6-12,19,21,30H,13-14H2,1-5H3,(H,27,31)/t19-,21+/m1/s1. The summed E-state index contributed by atoms with van der Waals surface area (Å²) in [6.45, 7) is 5.01. The normalized spacial score (nSPS) is 12.7. The van der Waals surface area contributed by atoms with Gasteiger partial charge >= 0.3 is 17.7 Å². The molecule has 0 aromatic heterocycles. The Labute approximate surface area is 213 Å². The van der Waals surface area contributed by atoms with Crippen LogP contribution in [0.3, 0.4) is 0 Å². The number of aromatic hydroxyl groups is 1. The minimum Gasteiger partial charge on any atom is -0.508 e. The minimum atomic E-state index is -1.28. The van der Waals surface area contributed by atoms with Gasteiger partial charge < -0.3 is 19.9 Å². The average Bonchev–Trinajstić information content (AvgIpc) is 2.80. The summed E-state index contributed by atoms with van der Waals surface area (Å²) in [7, 11) is 2.48. The van der Waals surface area contributed by atoms with Crippen LogP contribution in [0.2, 0.25) is 0 Å². The van der Waals surface area contributed by atoms with E-state index in [9.17, 15) is 34.0 Å². The topological polar surface area (TPSA) is 148 Å². The highest BCUT2D eigenvalue weighted by molar-refractivity contribution is 5.90. The van der Waals surface area contributed by atoms with E-state index in [-0.39, 0.29) is 24.2 Å². The van der Waals surface area contributed by atoms with Crippen molar-refractivity contribution in [3.63, 3.8) is 0 Å². The number of hydrogen-bond donors (Lipinski definition) is 2. The van der Waals surface area contributed by atoms with Crippen LogP contribution in [0.5, 0.6) is 5.75 Å². The van der Waals surface area contributed by atoms with Gasteiger partial charge in [0.15, 0.2) is 0 Å². The number of nitrogens with zero attached hydrogens (tertiary/aromatic N) is 2. The minimum absolute atomic E-state index is 0.0158. The number of likely N-dealkylation sites (N-methyl/N-ethyl adjacent to an activating group) is 1. The van der Waals surface area contributed by atoms with Crippen molar-refractivity contribution in [3.05, 3.63) is 69.5 Å². The first-order valence-corrected chi connectivity index (χ1v) is 11.3. The zero-order chi connectivity index (χ0) is 27.9. The van der Waals surface area contributed by atoms with Crippen molar-refractivity contribution in [2.75, 3.05) is 14.2 Å². The maximum absolute atomic E-state index is 14.1. The number of carbonyl (C=O) groups excluding carboxylic acids is 3. The largest absolute Gasteiger partial charge is 0.508 e. The van der Waals surface area contributed by atoms with E-state index in [1.807, 2.05) is 0 Å². The van der Waals surface area contributed by atoms with E-state index in [1.54, 1.807) is 32.9 Å². The Balaban J connectivity index is 2.33. The molecule has 37 heavy (non-hydrogen) atoms. The van der Waals surface area contributed by atoms with Gasteiger partial charge in [-0.05, 0) is 50.1 Å². The Morgan fingerprint density at radius 1 is 1.11 bits per heavy atom. The van der Waals surface area contributed by atoms with Gasteiger partial charge in [0, 0.05) is 26.0 Å². The molecule has 0 fully saturated rings. The Kier molecular flexibility index (Phi) is 9.53. The average molecular weight is 520 g/mol. The number of phenols is 1. The number of esters is 1. The summed E-state index contributed by atoms with van der Waals surface area (Å²) in [6.07, 6.45) is -0.990. The fourth-order valence-electron chi connectivity index (χ4n) is 3.39. The van der Waals surface area contributed by atoms with Gasteiger partial charge in [-0.3, -0.25) is 19.8 Å².